The summed E-state index contributed by atoms with van der Waals surface area (Å²) in [5.74, 6) is 1.67. The van der Waals surface area contributed by atoms with Crippen molar-refractivity contribution in [2.75, 3.05) is 32.0 Å². The third-order valence-corrected chi connectivity index (χ3v) is 4.15. The Labute approximate surface area is 126 Å². The highest BCUT2D eigenvalue weighted by atomic mass is 15.1. The van der Waals surface area contributed by atoms with Crippen molar-refractivity contribution in [3.8, 4) is 11.3 Å². The molecule has 1 fully saturated rings. The second-order valence-electron chi connectivity index (χ2n) is 5.78. The molecule has 0 unspecified atom stereocenters. The lowest BCUT2D eigenvalue weighted by atomic mass is 9.97. The predicted octanol–water partition coefficient (Wildman–Crippen LogP) is 2.90. The van der Waals surface area contributed by atoms with E-state index in [2.05, 4.69) is 39.4 Å². The fourth-order valence-electron chi connectivity index (χ4n) is 2.74. The maximum absolute atomic E-state index is 4.36. The number of anilines is 1. The highest BCUT2D eigenvalue weighted by molar-refractivity contribution is 5.61. The second-order valence-corrected chi connectivity index (χ2v) is 5.78. The van der Waals surface area contributed by atoms with Crippen LogP contribution in [0.2, 0.25) is 0 Å². The molecule has 0 atom stereocenters. The van der Waals surface area contributed by atoms with Gasteiger partial charge in [-0.2, -0.15) is 0 Å². The lowest BCUT2D eigenvalue weighted by Gasteiger charge is -2.29. The number of hydrogen-bond acceptors (Lipinski definition) is 4. The molecule has 1 aliphatic rings. The van der Waals surface area contributed by atoms with Gasteiger partial charge in [-0.25, -0.2) is 9.97 Å². The lowest BCUT2D eigenvalue weighted by molar-refractivity contribution is 0.226. The van der Waals surface area contributed by atoms with E-state index >= 15 is 0 Å². The molecule has 1 aromatic heterocycles. The van der Waals surface area contributed by atoms with E-state index < -0.39 is 0 Å². The van der Waals surface area contributed by atoms with Crippen LogP contribution in [0.1, 0.15) is 12.8 Å². The molecule has 0 spiro atoms. The summed E-state index contributed by atoms with van der Waals surface area (Å²) in [6.45, 7) is 3.40. The summed E-state index contributed by atoms with van der Waals surface area (Å²) >= 11 is 0. The number of piperidine rings is 1. The number of hydrogen-bond donors (Lipinski definition) is 1. The SMILES string of the molecule is CN1CCC(CNc2cc(-c3ccccc3)ncn2)CC1. The smallest absolute Gasteiger partial charge is 0.129 e. The fourth-order valence-corrected chi connectivity index (χ4v) is 2.74. The monoisotopic (exact) mass is 282 g/mol. The summed E-state index contributed by atoms with van der Waals surface area (Å²) < 4.78 is 0. The number of rotatable bonds is 4. The molecule has 110 valence electrons. The van der Waals surface area contributed by atoms with Crippen molar-refractivity contribution in [1.29, 1.82) is 0 Å². The second kappa shape index (κ2) is 6.68. The van der Waals surface area contributed by atoms with Crippen LogP contribution in [0.5, 0.6) is 0 Å². The van der Waals surface area contributed by atoms with Crippen LogP contribution in [-0.2, 0) is 0 Å². The molecule has 0 radical (unpaired) electrons. The average molecular weight is 282 g/mol. The molecule has 0 saturated carbocycles. The van der Waals surface area contributed by atoms with Gasteiger partial charge in [-0.3, -0.25) is 0 Å². The first-order valence-corrected chi connectivity index (χ1v) is 7.61. The lowest BCUT2D eigenvalue weighted by Crippen LogP contribution is -2.33. The Bertz CT molecular complexity index is 562. The molecule has 1 N–H and O–H groups in total. The molecule has 2 heterocycles. The van der Waals surface area contributed by atoms with Crippen LogP contribution >= 0.6 is 0 Å². The number of nitrogens with one attached hydrogen (secondary N) is 1. The molecule has 4 nitrogen and oxygen atoms in total. The van der Waals surface area contributed by atoms with Gasteiger partial charge in [-0.1, -0.05) is 30.3 Å². The Morgan fingerprint density at radius 1 is 1.14 bits per heavy atom. The Balaban J connectivity index is 1.61. The zero-order chi connectivity index (χ0) is 14.5. The van der Waals surface area contributed by atoms with E-state index in [0.717, 1.165) is 29.5 Å². The van der Waals surface area contributed by atoms with Crippen molar-refractivity contribution in [3.05, 3.63) is 42.7 Å². The Morgan fingerprint density at radius 2 is 1.90 bits per heavy atom. The average Bonchev–Trinajstić information content (AvgIpc) is 2.55. The summed E-state index contributed by atoms with van der Waals surface area (Å²) in [6.07, 6.45) is 4.17. The van der Waals surface area contributed by atoms with E-state index in [9.17, 15) is 0 Å². The van der Waals surface area contributed by atoms with Crippen LogP contribution in [0.4, 0.5) is 5.82 Å². The van der Waals surface area contributed by atoms with E-state index in [1.807, 2.05) is 24.3 Å². The van der Waals surface area contributed by atoms with Gasteiger partial charge < -0.3 is 10.2 Å². The third kappa shape index (κ3) is 3.79. The number of nitrogens with zero attached hydrogens (tertiary/aromatic N) is 3. The first kappa shape index (κ1) is 14.0. The summed E-state index contributed by atoms with van der Waals surface area (Å²) in [6, 6.07) is 12.3. The number of aromatic nitrogens is 2. The summed E-state index contributed by atoms with van der Waals surface area (Å²) in [5.41, 5.74) is 2.10. The molecule has 0 aliphatic carbocycles. The van der Waals surface area contributed by atoms with Gasteiger partial charge in [-0.05, 0) is 38.9 Å². The zero-order valence-corrected chi connectivity index (χ0v) is 12.5. The molecule has 3 rings (SSSR count). The van der Waals surface area contributed by atoms with Crippen molar-refractivity contribution in [2.45, 2.75) is 12.8 Å². The van der Waals surface area contributed by atoms with Crippen molar-refractivity contribution >= 4 is 5.82 Å². The van der Waals surface area contributed by atoms with Gasteiger partial charge in [0, 0.05) is 18.2 Å². The van der Waals surface area contributed by atoms with Gasteiger partial charge in [-0.15, -0.1) is 0 Å². The summed E-state index contributed by atoms with van der Waals surface area (Å²) in [5, 5.41) is 3.47. The van der Waals surface area contributed by atoms with Gasteiger partial charge in [0.1, 0.15) is 12.1 Å². The molecule has 0 amide bonds. The minimum atomic E-state index is 0.747. The van der Waals surface area contributed by atoms with Gasteiger partial charge in [0.25, 0.3) is 0 Å². The maximum Gasteiger partial charge on any atom is 0.129 e. The molecule has 21 heavy (non-hydrogen) atoms. The molecular weight excluding hydrogens is 260 g/mol. The number of benzene rings is 1. The molecular formula is C17H22N4. The van der Waals surface area contributed by atoms with E-state index in [1.54, 1.807) is 6.33 Å². The summed E-state index contributed by atoms with van der Waals surface area (Å²) in [7, 11) is 2.19. The molecule has 2 aromatic rings. The molecule has 0 bridgehead atoms. The topological polar surface area (TPSA) is 41.0 Å². The van der Waals surface area contributed by atoms with Crippen molar-refractivity contribution in [1.82, 2.24) is 14.9 Å². The molecule has 1 saturated heterocycles. The Kier molecular flexibility index (Phi) is 4.46. The zero-order valence-electron chi connectivity index (χ0n) is 12.5. The maximum atomic E-state index is 4.36. The van der Waals surface area contributed by atoms with Crippen LogP contribution in [0.25, 0.3) is 11.3 Å². The minimum absolute atomic E-state index is 0.747. The first-order valence-electron chi connectivity index (χ1n) is 7.61. The highest BCUT2D eigenvalue weighted by Crippen LogP contribution is 2.20. The van der Waals surface area contributed by atoms with E-state index in [-0.39, 0.29) is 0 Å². The third-order valence-electron chi connectivity index (χ3n) is 4.15. The van der Waals surface area contributed by atoms with Gasteiger partial charge in [0.05, 0.1) is 5.69 Å². The fraction of sp³-hybridized carbons (Fsp3) is 0.412. The predicted molar refractivity (Wildman–Crippen MR) is 86.2 cm³/mol. The van der Waals surface area contributed by atoms with Crippen LogP contribution in [0.15, 0.2) is 42.7 Å². The van der Waals surface area contributed by atoms with Crippen molar-refractivity contribution in [3.63, 3.8) is 0 Å². The first-order chi connectivity index (χ1) is 10.3. The quantitative estimate of drug-likeness (QED) is 0.936. The molecule has 1 aliphatic heterocycles. The highest BCUT2D eigenvalue weighted by Gasteiger charge is 2.16. The normalized spacial score (nSPS) is 16.8. The minimum Gasteiger partial charge on any atom is -0.370 e. The van der Waals surface area contributed by atoms with Gasteiger partial charge in [0.15, 0.2) is 0 Å². The molecule has 4 heteroatoms. The van der Waals surface area contributed by atoms with Crippen LogP contribution < -0.4 is 5.32 Å². The largest absolute Gasteiger partial charge is 0.370 e. The number of likely N-dealkylation sites (tertiary alicyclic amines) is 1. The van der Waals surface area contributed by atoms with E-state index in [1.165, 1.54) is 25.9 Å². The van der Waals surface area contributed by atoms with Crippen LogP contribution in [0.3, 0.4) is 0 Å². The standard InChI is InChI=1S/C17H22N4/c1-21-9-7-14(8-10-21)12-18-17-11-16(19-13-20-17)15-5-3-2-4-6-15/h2-6,11,13-14H,7-10,12H2,1H3,(H,18,19,20). The summed E-state index contributed by atoms with van der Waals surface area (Å²) in [4.78, 5) is 11.1. The Hall–Kier alpha value is -1.94. The Morgan fingerprint density at radius 3 is 2.67 bits per heavy atom. The van der Waals surface area contributed by atoms with Crippen LogP contribution in [0, 0.1) is 5.92 Å². The van der Waals surface area contributed by atoms with Crippen molar-refractivity contribution in [2.24, 2.45) is 5.92 Å². The van der Waals surface area contributed by atoms with Gasteiger partial charge >= 0.3 is 0 Å². The molecule has 1 aromatic carbocycles. The van der Waals surface area contributed by atoms with Crippen LogP contribution in [-0.4, -0.2) is 41.5 Å². The van der Waals surface area contributed by atoms with Gasteiger partial charge in [0.2, 0.25) is 0 Å². The van der Waals surface area contributed by atoms with E-state index in [4.69, 9.17) is 0 Å². The van der Waals surface area contributed by atoms with Crippen molar-refractivity contribution < 1.29 is 0 Å². The van der Waals surface area contributed by atoms with E-state index in [0.29, 0.717) is 0 Å².